The summed E-state index contributed by atoms with van der Waals surface area (Å²) >= 11 is 0. The van der Waals surface area contributed by atoms with Crippen LogP contribution >= 0.6 is 0 Å². The molecular formula is C23H30N4O3. The number of benzene rings is 1. The number of allylic oxidation sites excluding steroid dienone is 2. The molecule has 7 nitrogen and oxygen atoms in total. The van der Waals surface area contributed by atoms with Crippen LogP contribution in [0, 0.1) is 11.3 Å². The molecule has 0 bridgehead atoms. The highest BCUT2D eigenvalue weighted by atomic mass is 16.5. The third-order valence-corrected chi connectivity index (χ3v) is 5.73. The van der Waals surface area contributed by atoms with Gasteiger partial charge in [0.15, 0.2) is 0 Å². The quantitative estimate of drug-likeness (QED) is 0.720. The van der Waals surface area contributed by atoms with E-state index in [1.54, 1.807) is 13.8 Å². The third kappa shape index (κ3) is 4.66. The maximum Gasteiger partial charge on any atom is 0.338 e. The smallest absolute Gasteiger partial charge is 0.338 e. The summed E-state index contributed by atoms with van der Waals surface area (Å²) in [6.07, 6.45) is 0. The first-order valence-corrected chi connectivity index (χ1v) is 10.5. The van der Waals surface area contributed by atoms with E-state index in [2.05, 4.69) is 34.9 Å². The molecule has 2 N–H and O–H groups in total. The lowest BCUT2D eigenvalue weighted by atomic mass is 9.83. The van der Waals surface area contributed by atoms with Crippen molar-refractivity contribution < 1.29 is 14.3 Å². The fourth-order valence-electron chi connectivity index (χ4n) is 4.03. The van der Waals surface area contributed by atoms with Gasteiger partial charge < -0.3 is 20.1 Å². The van der Waals surface area contributed by atoms with Gasteiger partial charge in [-0.2, -0.15) is 5.26 Å². The van der Waals surface area contributed by atoms with Gasteiger partial charge in [0.1, 0.15) is 17.4 Å². The van der Waals surface area contributed by atoms with E-state index in [0.717, 1.165) is 44.8 Å². The number of piperazine rings is 1. The molecule has 160 valence electrons. The fourth-order valence-corrected chi connectivity index (χ4v) is 4.03. The zero-order chi connectivity index (χ0) is 21.7. The highest BCUT2D eigenvalue weighted by molar-refractivity contribution is 5.92. The molecule has 7 heteroatoms. The van der Waals surface area contributed by atoms with Gasteiger partial charge >= 0.3 is 5.97 Å². The van der Waals surface area contributed by atoms with Gasteiger partial charge in [-0.15, -0.1) is 0 Å². The van der Waals surface area contributed by atoms with Crippen molar-refractivity contribution in [2.45, 2.75) is 33.2 Å². The first-order chi connectivity index (χ1) is 14.5. The Morgan fingerprint density at radius 2 is 1.83 bits per heavy atom. The van der Waals surface area contributed by atoms with Gasteiger partial charge in [0.25, 0.3) is 0 Å². The first kappa shape index (κ1) is 21.9. The van der Waals surface area contributed by atoms with Gasteiger partial charge in [0.05, 0.1) is 18.1 Å². The number of nitrogens with zero attached hydrogens (tertiary/aromatic N) is 3. The van der Waals surface area contributed by atoms with Crippen molar-refractivity contribution in [3.8, 4) is 6.07 Å². The summed E-state index contributed by atoms with van der Waals surface area (Å²) in [6.45, 7) is 12.1. The molecule has 0 amide bonds. The molecule has 0 saturated carbocycles. The second-order valence-electron chi connectivity index (χ2n) is 7.57. The third-order valence-electron chi connectivity index (χ3n) is 5.73. The lowest BCUT2D eigenvalue weighted by molar-refractivity contribution is -0.139. The number of carbonyl (C=O) groups is 1. The highest BCUT2D eigenvalue weighted by Crippen LogP contribution is 2.39. The summed E-state index contributed by atoms with van der Waals surface area (Å²) in [6, 6.07) is 10.2. The zero-order valence-electron chi connectivity index (χ0n) is 18.0. The Bertz CT molecular complexity index is 875. The molecule has 1 fully saturated rings. The molecule has 0 radical (unpaired) electrons. The number of hydrogen-bond acceptors (Lipinski definition) is 7. The first-order valence-electron chi connectivity index (χ1n) is 10.5. The summed E-state index contributed by atoms with van der Waals surface area (Å²) < 4.78 is 10.7. The molecule has 1 unspecified atom stereocenters. The van der Waals surface area contributed by atoms with Crippen LogP contribution in [0.4, 0.5) is 0 Å². The van der Waals surface area contributed by atoms with Gasteiger partial charge in [-0.05, 0) is 31.5 Å². The van der Waals surface area contributed by atoms with E-state index in [0.29, 0.717) is 11.3 Å². The predicted octanol–water partition coefficient (Wildman–Crippen LogP) is 2.47. The van der Waals surface area contributed by atoms with Gasteiger partial charge in [0.2, 0.25) is 5.88 Å². The Balaban J connectivity index is 1.82. The van der Waals surface area contributed by atoms with Crippen LogP contribution in [0.25, 0.3) is 0 Å². The van der Waals surface area contributed by atoms with E-state index in [1.165, 1.54) is 5.56 Å². The summed E-state index contributed by atoms with van der Waals surface area (Å²) in [5, 5.41) is 9.67. The molecule has 1 aromatic carbocycles. The minimum absolute atomic E-state index is 0.0333. The van der Waals surface area contributed by atoms with Crippen LogP contribution in [-0.4, -0.2) is 55.1 Å². The van der Waals surface area contributed by atoms with Crippen LogP contribution in [-0.2, 0) is 20.8 Å². The van der Waals surface area contributed by atoms with Gasteiger partial charge in [0, 0.05) is 32.7 Å². The van der Waals surface area contributed by atoms with E-state index in [1.807, 2.05) is 12.1 Å². The molecule has 2 aliphatic rings. The second-order valence-corrected chi connectivity index (χ2v) is 7.57. The maximum absolute atomic E-state index is 12.6. The molecule has 1 atom stereocenters. The average Bonchev–Trinajstić information content (AvgIpc) is 2.74. The molecule has 1 aromatic rings. The molecule has 2 heterocycles. The number of likely N-dealkylation sites (N-methyl/N-ethyl adjacent to an activating group) is 1. The zero-order valence-corrected chi connectivity index (χ0v) is 18.0. The van der Waals surface area contributed by atoms with Crippen LogP contribution in [0.5, 0.6) is 0 Å². The lowest BCUT2D eigenvalue weighted by Gasteiger charge is -2.34. The van der Waals surface area contributed by atoms with E-state index in [9.17, 15) is 10.1 Å². The molecule has 0 aromatic heterocycles. The summed E-state index contributed by atoms with van der Waals surface area (Å²) in [5.41, 5.74) is 8.53. The predicted molar refractivity (Wildman–Crippen MR) is 114 cm³/mol. The maximum atomic E-state index is 12.6. The van der Waals surface area contributed by atoms with Crippen LogP contribution in [0.2, 0.25) is 0 Å². The van der Waals surface area contributed by atoms with Crippen molar-refractivity contribution >= 4 is 5.97 Å². The van der Waals surface area contributed by atoms with E-state index < -0.39 is 11.9 Å². The van der Waals surface area contributed by atoms with Crippen molar-refractivity contribution in [1.82, 2.24) is 9.80 Å². The normalized spacial score (nSPS) is 20.7. The monoisotopic (exact) mass is 410 g/mol. The van der Waals surface area contributed by atoms with Crippen molar-refractivity contribution in [1.29, 1.82) is 5.26 Å². The van der Waals surface area contributed by atoms with Crippen molar-refractivity contribution in [3.63, 3.8) is 0 Å². The number of ether oxygens (including phenoxy) is 2. The molecule has 1 saturated heterocycles. The van der Waals surface area contributed by atoms with Gasteiger partial charge in [-0.3, -0.25) is 4.90 Å². The summed E-state index contributed by atoms with van der Waals surface area (Å²) in [5.74, 6) is -0.679. The molecule has 2 aliphatic heterocycles. The Labute approximate surface area is 178 Å². The van der Waals surface area contributed by atoms with Crippen molar-refractivity contribution in [2.75, 3.05) is 39.3 Å². The molecular weight excluding hydrogens is 380 g/mol. The van der Waals surface area contributed by atoms with Gasteiger partial charge in [-0.1, -0.05) is 31.2 Å². The van der Waals surface area contributed by atoms with E-state index in [-0.39, 0.29) is 18.1 Å². The molecule has 0 spiro atoms. The molecule has 0 aliphatic carbocycles. The standard InChI is InChI=1S/C23H30N4O3/c1-4-26-10-12-27(13-11-26)15-17-6-8-18(9-7-17)21-19(14-24)22(25)30-16(3)20(21)23(28)29-5-2/h6-9,21H,4-5,10-13,15,25H2,1-3H3. The minimum atomic E-state index is -0.593. The number of hydrogen-bond donors (Lipinski definition) is 1. The number of nitrogens with two attached hydrogens (primary N) is 1. The highest BCUT2D eigenvalue weighted by Gasteiger charge is 2.36. The Morgan fingerprint density at radius 3 is 2.40 bits per heavy atom. The Hall–Kier alpha value is -2.82. The number of carbonyl (C=O) groups excluding carboxylic acids is 1. The Morgan fingerprint density at radius 1 is 1.20 bits per heavy atom. The average molecular weight is 411 g/mol. The van der Waals surface area contributed by atoms with Crippen LogP contribution in [0.15, 0.2) is 47.1 Å². The van der Waals surface area contributed by atoms with Crippen LogP contribution in [0.3, 0.4) is 0 Å². The summed E-state index contributed by atoms with van der Waals surface area (Å²) in [4.78, 5) is 17.5. The van der Waals surface area contributed by atoms with E-state index >= 15 is 0 Å². The van der Waals surface area contributed by atoms with Crippen LogP contribution in [0.1, 0.15) is 37.8 Å². The molecule has 30 heavy (non-hydrogen) atoms. The van der Waals surface area contributed by atoms with E-state index in [4.69, 9.17) is 15.2 Å². The van der Waals surface area contributed by atoms with Crippen molar-refractivity contribution in [3.05, 3.63) is 58.2 Å². The number of esters is 1. The number of rotatable bonds is 6. The fraction of sp³-hybridized carbons (Fsp3) is 0.478. The second kappa shape index (κ2) is 9.79. The van der Waals surface area contributed by atoms with Crippen LogP contribution < -0.4 is 5.73 Å². The largest absolute Gasteiger partial charge is 0.463 e. The Kier molecular flexibility index (Phi) is 7.14. The van der Waals surface area contributed by atoms with Crippen molar-refractivity contribution in [2.24, 2.45) is 5.73 Å². The lowest BCUT2D eigenvalue weighted by Crippen LogP contribution is -2.45. The summed E-state index contributed by atoms with van der Waals surface area (Å²) in [7, 11) is 0. The van der Waals surface area contributed by atoms with Gasteiger partial charge in [-0.25, -0.2) is 4.79 Å². The SMILES string of the molecule is CCOC(=O)C1=C(C)OC(N)=C(C#N)C1c1ccc(CN2CCN(CC)CC2)cc1. The number of nitriles is 1. The minimum Gasteiger partial charge on any atom is -0.463 e. The topological polar surface area (TPSA) is 91.8 Å². The molecule has 3 rings (SSSR count).